The first kappa shape index (κ1) is 20.5. The van der Waals surface area contributed by atoms with Crippen LogP contribution in [0.1, 0.15) is 35.6 Å². The van der Waals surface area contributed by atoms with Crippen LogP contribution < -0.4 is 20.1 Å². The Labute approximate surface area is 160 Å². The molecule has 1 amide bonds. The third-order valence-corrected chi connectivity index (χ3v) is 3.90. The second-order valence-electron chi connectivity index (χ2n) is 6.69. The molecule has 2 aromatic rings. The van der Waals surface area contributed by atoms with Crippen LogP contribution in [-0.4, -0.2) is 43.2 Å². The molecule has 0 spiro atoms. The Morgan fingerprint density at radius 2 is 1.85 bits per heavy atom. The fourth-order valence-corrected chi connectivity index (χ4v) is 2.51. The average Bonchev–Trinajstić information content (AvgIpc) is 2.65. The second kappa shape index (κ2) is 9.75. The van der Waals surface area contributed by atoms with Crippen LogP contribution in [0.2, 0.25) is 0 Å². The molecular formula is C20H28N4O3. The van der Waals surface area contributed by atoms with E-state index in [1.165, 1.54) is 0 Å². The average molecular weight is 372 g/mol. The van der Waals surface area contributed by atoms with E-state index in [9.17, 15) is 4.79 Å². The number of nitrogens with zero attached hydrogens (tertiary/aromatic N) is 2. The monoisotopic (exact) mass is 372 g/mol. The number of hydrogen-bond acceptors (Lipinski definition) is 6. The highest BCUT2D eigenvalue weighted by Crippen LogP contribution is 2.27. The minimum atomic E-state index is -0.183. The molecule has 1 aromatic carbocycles. The quantitative estimate of drug-likeness (QED) is 0.704. The predicted molar refractivity (Wildman–Crippen MR) is 106 cm³/mol. The van der Waals surface area contributed by atoms with Crippen molar-refractivity contribution in [1.29, 1.82) is 0 Å². The fraction of sp³-hybridized carbons (Fsp3) is 0.450. The maximum absolute atomic E-state index is 12.2. The van der Waals surface area contributed by atoms with E-state index in [4.69, 9.17) is 9.47 Å². The molecule has 7 nitrogen and oxygen atoms in total. The number of methoxy groups -OCH3 is 2. The number of anilines is 1. The van der Waals surface area contributed by atoms with Gasteiger partial charge in [-0.15, -0.1) is 0 Å². The topological polar surface area (TPSA) is 85.4 Å². The molecule has 0 unspecified atom stereocenters. The van der Waals surface area contributed by atoms with Crippen molar-refractivity contribution in [3.8, 4) is 11.5 Å². The standard InChI is InChI=1S/C20H28N4O3/c1-13(2)12-22-19(25)16-10-14(3)23-20(24-16)21-9-8-15-6-7-17(26-4)18(11-15)27-5/h6-7,10-11,13H,8-9,12H2,1-5H3,(H,22,25)(H,21,23,24). The molecule has 0 bridgehead atoms. The minimum absolute atomic E-state index is 0.183. The van der Waals surface area contributed by atoms with Gasteiger partial charge in [0.15, 0.2) is 11.5 Å². The van der Waals surface area contributed by atoms with Crippen LogP contribution in [0.15, 0.2) is 24.3 Å². The predicted octanol–water partition coefficient (Wildman–Crippen LogP) is 2.84. The molecule has 0 aliphatic rings. The number of aryl methyl sites for hydroxylation is 1. The number of benzene rings is 1. The van der Waals surface area contributed by atoms with E-state index in [0.717, 1.165) is 17.7 Å². The van der Waals surface area contributed by atoms with Crippen LogP contribution in [0.5, 0.6) is 11.5 Å². The molecule has 1 heterocycles. The van der Waals surface area contributed by atoms with Crippen molar-refractivity contribution in [2.45, 2.75) is 27.2 Å². The van der Waals surface area contributed by atoms with Gasteiger partial charge in [-0.1, -0.05) is 19.9 Å². The summed E-state index contributed by atoms with van der Waals surface area (Å²) in [6, 6.07) is 7.51. The fourth-order valence-electron chi connectivity index (χ4n) is 2.51. The first-order chi connectivity index (χ1) is 12.9. The van der Waals surface area contributed by atoms with Crippen molar-refractivity contribution in [2.75, 3.05) is 32.6 Å². The number of carbonyl (C=O) groups is 1. The highest BCUT2D eigenvalue weighted by Gasteiger charge is 2.11. The Bertz CT molecular complexity index is 778. The summed E-state index contributed by atoms with van der Waals surface area (Å²) in [5, 5.41) is 6.06. The Balaban J connectivity index is 1.98. The zero-order chi connectivity index (χ0) is 19.8. The van der Waals surface area contributed by atoms with Gasteiger partial charge in [-0.25, -0.2) is 9.97 Å². The van der Waals surface area contributed by atoms with Gasteiger partial charge in [0.05, 0.1) is 14.2 Å². The molecule has 1 aromatic heterocycles. The van der Waals surface area contributed by atoms with E-state index < -0.39 is 0 Å². The summed E-state index contributed by atoms with van der Waals surface area (Å²) in [5.41, 5.74) is 2.22. The second-order valence-corrected chi connectivity index (χ2v) is 6.69. The van der Waals surface area contributed by atoms with Crippen molar-refractivity contribution in [2.24, 2.45) is 5.92 Å². The molecule has 146 valence electrons. The Morgan fingerprint density at radius 3 is 2.52 bits per heavy atom. The molecule has 0 saturated carbocycles. The van der Waals surface area contributed by atoms with Crippen LogP contribution in [-0.2, 0) is 6.42 Å². The summed E-state index contributed by atoms with van der Waals surface area (Å²) in [5.74, 6) is 2.05. The molecule has 2 rings (SSSR count). The zero-order valence-electron chi connectivity index (χ0n) is 16.6. The van der Waals surface area contributed by atoms with Crippen LogP contribution in [0, 0.1) is 12.8 Å². The van der Waals surface area contributed by atoms with Gasteiger partial charge < -0.3 is 20.1 Å². The maximum Gasteiger partial charge on any atom is 0.270 e. The third-order valence-electron chi connectivity index (χ3n) is 3.90. The molecular weight excluding hydrogens is 344 g/mol. The molecule has 27 heavy (non-hydrogen) atoms. The van der Waals surface area contributed by atoms with Crippen LogP contribution in [0.3, 0.4) is 0 Å². The van der Waals surface area contributed by atoms with Gasteiger partial charge in [-0.3, -0.25) is 4.79 Å². The summed E-state index contributed by atoms with van der Waals surface area (Å²) in [6.45, 7) is 7.19. The van der Waals surface area contributed by atoms with Gasteiger partial charge in [0.25, 0.3) is 5.91 Å². The number of amides is 1. The van der Waals surface area contributed by atoms with Crippen LogP contribution in [0.25, 0.3) is 0 Å². The van der Waals surface area contributed by atoms with E-state index in [-0.39, 0.29) is 5.91 Å². The molecule has 0 atom stereocenters. The number of nitrogens with one attached hydrogen (secondary N) is 2. The lowest BCUT2D eigenvalue weighted by atomic mass is 10.1. The van der Waals surface area contributed by atoms with Crippen molar-refractivity contribution in [3.05, 3.63) is 41.2 Å². The highest BCUT2D eigenvalue weighted by molar-refractivity contribution is 5.92. The van der Waals surface area contributed by atoms with E-state index in [2.05, 4.69) is 20.6 Å². The lowest BCUT2D eigenvalue weighted by Gasteiger charge is -2.11. The largest absolute Gasteiger partial charge is 0.493 e. The van der Waals surface area contributed by atoms with E-state index in [1.54, 1.807) is 20.3 Å². The Kier molecular flexibility index (Phi) is 7.40. The summed E-state index contributed by atoms with van der Waals surface area (Å²) in [7, 11) is 3.23. The summed E-state index contributed by atoms with van der Waals surface area (Å²) >= 11 is 0. The zero-order valence-corrected chi connectivity index (χ0v) is 16.6. The third kappa shape index (κ3) is 6.13. The van der Waals surface area contributed by atoms with Gasteiger partial charge in [0, 0.05) is 18.8 Å². The number of aromatic nitrogens is 2. The number of carbonyl (C=O) groups excluding carboxylic acids is 1. The molecule has 7 heteroatoms. The summed E-state index contributed by atoms with van der Waals surface area (Å²) in [4.78, 5) is 20.9. The first-order valence-corrected chi connectivity index (χ1v) is 9.01. The summed E-state index contributed by atoms with van der Waals surface area (Å²) < 4.78 is 10.6. The number of ether oxygens (including phenoxy) is 2. The lowest BCUT2D eigenvalue weighted by molar-refractivity contribution is 0.0944. The molecule has 0 fully saturated rings. The molecule has 2 N–H and O–H groups in total. The Hall–Kier alpha value is -2.83. The van der Waals surface area contributed by atoms with Crippen molar-refractivity contribution in [3.63, 3.8) is 0 Å². The van der Waals surface area contributed by atoms with Gasteiger partial charge in [0.2, 0.25) is 5.95 Å². The summed E-state index contributed by atoms with van der Waals surface area (Å²) in [6.07, 6.45) is 0.756. The van der Waals surface area contributed by atoms with Crippen LogP contribution in [0.4, 0.5) is 5.95 Å². The minimum Gasteiger partial charge on any atom is -0.493 e. The van der Waals surface area contributed by atoms with E-state index in [0.29, 0.717) is 42.1 Å². The normalized spacial score (nSPS) is 10.6. The first-order valence-electron chi connectivity index (χ1n) is 9.01. The van der Waals surface area contributed by atoms with Crippen molar-refractivity contribution >= 4 is 11.9 Å². The smallest absolute Gasteiger partial charge is 0.270 e. The highest BCUT2D eigenvalue weighted by atomic mass is 16.5. The Morgan fingerprint density at radius 1 is 1.11 bits per heavy atom. The van der Waals surface area contributed by atoms with Crippen molar-refractivity contribution in [1.82, 2.24) is 15.3 Å². The van der Waals surface area contributed by atoms with E-state index >= 15 is 0 Å². The maximum atomic E-state index is 12.2. The number of rotatable bonds is 9. The SMILES string of the molecule is COc1ccc(CCNc2nc(C)cc(C(=O)NCC(C)C)n2)cc1OC. The molecule has 0 aliphatic heterocycles. The van der Waals surface area contributed by atoms with Gasteiger partial charge in [-0.2, -0.15) is 0 Å². The van der Waals surface area contributed by atoms with Crippen molar-refractivity contribution < 1.29 is 14.3 Å². The number of hydrogen-bond donors (Lipinski definition) is 2. The van der Waals surface area contributed by atoms with Gasteiger partial charge in [-0.05, 0) is 43.0 Å². The van der Waals surface area contributed by atoms with Gasteiger partial charge in [0.1, 0.15) is 5.69 Å². The van der Waals surface area contributed by atoms with E-state index in [1.807, 2.05) is 39.0 Å². The van der Waals surface area contributed by atoms with Crippen LogP contribution >= 0.6 is 0 Å². The van der Waals surface area contributed by atoms with Gasteiger partial charge >= 0.3 is 0 Å². The lowest BCUT2D eigenvalue weighted by Crippen LogP contribution is -2.28. The molecule has 0 aliphatic carbocycles. The molecule has 0 saturated heterocycles. The molecule has 0 radical (unpaired) electrons.